The predicted molar refractivity (Wildman–Crippen MR) is 46.1 cm³/mol. The second kappa shape index (κ2) is 4.81. The molecular formula is C8H14N2O3. The first-order chi connectivity index (χ1) is 6.22. The zero-order valence-corrected chi connectivity index (χ0v) is 7.63. The molecule has 0 aromatic carbocycles. The van der Waals surface area contributed by atoms with Crippen LogP contribution in [-0.2, 0) is 14.3 Å². The Morgan fingerprint density at radius 1 is 1.77 bits per heavy atom. The van der Waals surface area contributed by atoms with Gasteiger partial charge in [0.2, 0.25) is 5.91 Å². The number of esters is 1. The van der Waals surface area contributed by atoms with E-state index in [4.69, 9.17) is 0 Å². The monoisotopic (exact) mass is 186 g/mol. The summed E-state index contributed by atoms with van der Waals surface area (Å²) in [4.78, 5) is 21.5. The van der Waals surface area contributed by atoms with E-state index in [1.54, 1.807) is 0 Å². The lowest BCUT2D eigenvalue weighted by atomic mass is 10.2. The van der Waals surface area contributed by atoms with E-state index in [9.17, 15) is 9.59 Å². The summed E-state index contributed by atoms with van der Waals surface area (Å²) >= 11 is 0. The van der Waals surface area contributed by atoms with Gasteiger partial charge in [0.05, 0.1) is 13.5 Å². The minimum atomic E-state index is -0.232. The van der Waals surface area contributed by atoms with E-state index in [1.807, 2.05) is 0 Å². The summed E-state index contributed by atoms with van der Waals surface area (Å²) in [6, 6.07) is 0.164. The Kier molecular flexibility index (Phi) is 3.70. The van der Waals surface area contributed by atoms with Crippen LogP contribution in [0.15, 0.2) is 0 Å². The number of methoxy groups -OCH3 is 1. The Morgan fingerprint density at radius 3 is 3.08 bits per heavy atom. The summed E-state index contributed by atoms with van der Waals surface area (Å²) in [6.45, 7) is 1.21. The van der Waals surface area contributed by atoms with Gasteiger partial charge in [-0.1, -0.05) is 0 Å². The van der Waals surface area contributed by atoms with Gasteiger partial charge in [-0.15, -0.1) is 0 Å². The Hall–Kier alpha value is -1.10. The molecule has 13 heavy (non-hydrogen) atoms. The van der Waals surface area contributed by atoms with E-state index in [0.29, 0.717) is 25.9 Å². The first-order valence-corrected chi connectivity index (χ1v) is 4.29. The predicted octanol–water partition coefficient (Wildman–Crippen LogP) is -0.972. The highest BCUT2D eigenvalue weighted by molar-refractivity contribution is 5.78. The molecule has 1 atom stereocenters. The summed E-state index contributed by atoms with van der Waals surface area (Å²) in [5.74, 6) is -0.166. The van der Waals surface area contributed by atoms with Crippen molar-refractivity contribution >= 4 is 11.9 Å². The van der Waals surface area contributed by atoms with Gasteiger partial charge in [-0.2, -0.15) is 0 Å². The van der Waals surface area contributed by atoms with Crippen molar-refractivity contribution in [3.8, 4) is 0 Å². The van der Waals surface area contributed by atoms with Crippen LogP contribution in [0, 0.1) is 0 Å². The van der Waals surface area contributed by atoms with Crippen LogP contribution in [-0.4, -0.2) is 38.1 Å². The summed E-state index contributed by atoms with van der Waals surface area (Å²) in [7, 11) is 1.36. The van der Waals surface area contributed by atoms with Crippen LogP contribution in [0.1, 0.15) is 12.8 Å². The number of amides is 1. The third-order valence-electron chi connectivity index (χ3n) is 1.97. The molecule has 0 radical (unpaired) electrons. The minimum absolute atomic E-state index is 0.0653. The van der Waals surface area contributed by atoms with Crippen molar-refractivity contribution in [2.75, 3.05) is 20.2 Å². The minimum Gasteiger partial charge on any atom is -0.469 e. The molecule has 1 fully saturated rings. The van der Waals surface area contributed by atoms with E-state index in [0.717, 1.165) is 0 Å². The van der Waals surface area contributed by atoms with Crippen LogP contribution in [0.2, 0.25) is 0 Å². The van der Waals surface area contributed by atoms with Crippen molar-refractivity contribution in [2.24, 2.45) is 0 Å². The van der Waals surface area contributed by atoms with Crippen LogP contribution >= 0.6 is 0 Å². The lowest BCUT2D eigenvalue weighted by molar-refractivity contribution is -0.140. The maximum atomic E-state index is 10.8. The normalized spacial score (nSPS) is 21.3. The zero-order chi connectivity index (χ0) is 9.68. The summed E-state index contributed by atoms with van der Waals surface area (Å²) < 4.78 is 4.47. The molecule has 74 valence electrons. The van der Waals surface area contributed by atoms with Gasteiger partial charge >= 0.3 is 5.97 Å². The third kappa shape index (κ3) is 3.42. The standard InChI is InChI=1S/C8H14N2O3/c1-13-8(12)2-3-9-6-4-7(11)10-5-6/h6,9H,2-5H2,1H3,(H,10,11). The van der Waals surface area contributed by atoms with Gasteiger partial charge in [-0.3, -0.25) is 9.59 Å². The molecule has 1 aliphatic rings. The van der Waals surface area contributed by atoms with Crippen LogP contribution in [0.5, 0.6) is 0 Å². The fourth-order valence-electron chi connectivity index (χ4n) is 1.23. The van der Waals surface area contributed by atoms with E-state index < -0.39 is 0 Å². The summed E-state index contributed by atoms with van der Waals surface area (Å²) in [5.41, 5.74) is 0. The molecular weight excluding hydrogens is 172 g/mol. The van der Waals surface area contributed by atoms with Crippen molar-refractivity contribution in [2.45, 2.75) is 18.9 Å². The van der Waals surface area contributed by atoms with Gasteiger partial charge in [0.1, 0.15) is 0 Å². The fraction of sp³-hybridized carbons (Fsp3) is 0.750. The van der Waals surface area contributed by atoms with Gasteiger partial charge in [0.25, 0.3) is 0 Å². The number of nitrogens with one attached hydrogen (secondary N) is 2. The molecule has 1 amide bonds. The number of carbonyl (C=O) groups excluding carboxylic acids is 2. The number of ether oxygens (including phenoxy) is 1. The molecule has 1 aliphatic heterocycles. The highest BCUT2D eigenvalue weighted by Crippen LogP contribution is 1.98. The average molecular weight is 186 g/mol. The van der Waals surface area contributed by atoms with E-state index in [1.165, 1.54) is 7.11 Å². The topological polar surface area (TPSA) is 67.4 Å². The van der Waals surface area contributed by atoms with E-state index >= 15 is 0 Å². The lowest BCUT2D eigenvalue weighted by Gasteiger charge is -2.08. The Balaban J connectivity index is 2.06. The van der Waals surface area contributed by atoms with Gasteiger partial charge in [0, 0.05) is 25.6 Å². The molecule has 1 unspecified atom stereocenters. The van der Waals surface area contributed by atoms with Crippen molar-refractivity contribution < 1.29 is 14.3 Å². The fourth-order valence-corrected chi connectivity index (χ4v) is 1.23. The summed E-state index contributed by atoms with van der Waals surface area (Å²) in [6.07, 6.45) is 0.850. The summed E-state index contributed by atoms with van der Waals surface area (Å²) in [5, 5.41) is 5.80. The molecule has 5 nitrogen and oxygen atoms in total. The largest absolute Gasteiger partial charge is 0.469 e. The van der Waals surface area contributed by atoms with Crippen LogP contribution in [0.25, 0.3) is 0 Å². The molecule has 0 aliphatic carbocycles. The molecule has 1 rings (SSSR count). The SMILES string of the molecule is COC(=O)CCNC1CNC(=O)C1. The number of carbonyl (C=O) groups is 2. The average Bonchev–Trinajstić information content (AvgIpc) is 2.51. The number of hydrogen-bond donors (Lipinski definition) is 2. The first-order valence-electron chi connectivity index (χ1n) is 4.29. The molecule has 0 saturated carbocycles. The number of hydrogen-bond acceptors (Lipinski definition) is 4. The van der Waals surface area contributed by atoms with Crippen molar-refractivity contribution in [1.82, 2.24) is 10.6 Å². The van der Waals surface area contributed by atoms with Gasteiger partial charge in [-0.05, 0) is 0 Å². The van der Waals surface area contributed by atoms with Crippen molar-refractivity contribution in [3.63, 3.8) is 0 Å². The van der Waals surface area contributed by atoms with Crippen molar-refractivity contribution in [1.29, 1.82) is 0 Å². The maximum Gasteiger partial charge on any atom is 0.306 e. The lowest BCUT2D eigenvalue weighted by Crippen LogP contribution is -2.32. The van der Waals surface area contributed by atoms with E-state index in [2.05, 4.69) is 15.4 Å². The Bertz CT molecular complexity index is 206. The van der Waals surface area contributed by atoms with Crippen molar-refractivity contribution in [3.05, 3.63) is 0 Å². The molecule has 2 N–H and O–H groups in total. The van der Waals surface area contributed by atoms with E-state index in [-0.39, 0.29) is 17.9 Å². The van der Waals surface area contributed by atoms with Crippen LogP contribution in [0.3, 0.4) is 0 Å². The third-order valence-corrected chi connectivity index (χ3v) is 1.97. The first kappa shape index (κ1) is 9.98. The number of rotatable bonds is 4. The molecule has 0 aromatic rings. The Labute approximate surface area is 76.8 Å². The highest BCUT2D eigenvalue weighted by atomic mass is 16.5. The van der Waals surface area contributed by atoms with Crippen LogP contribution in [0.4, 0.5) is 0 Å². The molecule has 0 aromatic heterocycles. The molecule has 1 saturated heterocycles. The zero-order valence-electron chi connectivity index (χ0n) is 7.63. The second-order valence-corrected chi connectivity index (χ2v) is 2.99. The molecule has 0 spiro atoms. The quantitative estimate of drug-likeness (QED) is 0.554. The van der Waals surface area contributed by atoms with Gasteiger partial charge in [0.15, 0.2) is 0 Å². The second-order valence-electron chi connectivity index (χ2n) is 2.99. The maximum absolute atomic E-state index is 10.8. The highest BCUT2D eigenvalue weighted by Gasteiger charge is 2.20. The molecule has 1 heterocycles. The van der Waals surface area contributed by atoms with Crippen LogP contribution < -0.4 is 10.6 Å². The molecule has 5 heteroatoms. The smallest absolute Gasteiger partial charge is 0.306 e. The van der Waals surface area contributed by atoms with Gasteiger partial charge < -0.3 is 15.4 Å². The Morgan fingerprint density at radius 2 is 2.54 bits per heavy atom. The van der Waals surface area contributed by atoms with Gasteiger partial charge in [-0.25, -0.2) is 0 Å². The molecule has 0 bridgehead atoms.